The second-order valence-electron chi connectivity index (χ2n) is 3.96. The predicted octanol–water partition coefficient (Wildman–Crippen LogP) is 1.36. The topological polar surface area (TPSA) is 87.7 Å². The van der Waals surface area contributed by atoms with Gasteiger partial charge in [-0.2, -0.15) is 0 Å². The third-order valence-corrected chi connectivity index (χ3v) is 2.24. The van der Waals surface area contributed by atoms with Crippen LogP contribution in [0, 0.1) is 12.7 Å². The largest absolute Gasteiger partial charge is 0.480 e. The lowest BCUT2D eigenvalue weighted by molar-refractivity contribution is -0.140. The molecule has 104 valence electrons. The van der Waals surface area contributed by atoms with Crippen LogP contribution in [0.15, 0.2) is 18.2 Å². The number of hydrogen-bond acceptors (Lipinski definition) is 3. The van der Waals surface area contributed by atoms with Crippen LogP contribution in [0.2, 0.25) is 0 Å². The molecule has 0 bridgehead atoms. The zero-order chi connectivity index (χ0) is 14.4. The first kappa shape index (κ1) is 14.9. The summed E-state index contributed by atoms with van der Waals surface area (Å²) in [5.74, 6) is -1.70. The van der Waals surface area contributed by atoms with E-state index in [1.807, 2.05) is 0 Å². The van der Waals surface area contributed by atoms with Gasteiger partial charge in [0.15, 0.2) is 6.04 Å². The Morgan fingerprint density at radius 3 is 2.63 bits per heavy atom. The maximum atomic E-state index is 13.1. The fourth-order valence-corrected chi connectivity index (χ4v) is 1.48. The smallest absolute Gasteiger partial charge is 0.328 e. The van der Waals surface area contributed by atoms with Gasteiger partial charge in [-0.3, -0.25) is 0 Å². The van der Waals surface area contributed by atoms with E-state index in [-0.39, 0.29) is 12.3 Å². The van der Waals surface area contributed by atoms with Gasteiger partial charge in [0.1, 0.15) is 5.82 Å². The van der Waals surface area contributed by atoms with E-state index >= 15 is 0 Å². The monoisotopic (exact) mass is 270 g/mol. The Hall–Kier alpha value is -2.15. The molecular weight excluding hydrogens is 255 g/mol. The van der Waals surface area contributed by atoms with Crippen molar-refractivity contribution < 1.29 is 23.8 Å². The average Bonchev–Trinajstić information content (AvgIpc) is 2.26. The first-order valence-electron chi connectivity index (χ1n) is 5.49. The minimum absolute atomic E-state index is 0.162. The average molecular weight is 270 g/mol. The van der Waals surface area contributed by atoms with Crippen LogP contribution in [0.4, 0.5) is 14.9 Å². The van der Waals surface area contributed by atoms with Gasteiger partial charge in [0.05, 0.1) is 6.61 Å². The number of carbonyl (C=O) groups is 2. The molecule has 0 fully saturated rings. The van der Waals surface area contributed by atoms with Gasteiger partial charge in [-0.15, -0.1) is 0 Å². The van der Waals surface area contributed by atoms with Gasteiger partial charge in [-0.05, 0) is 30.7 Å². The molecule has 2 amide bonds. The van der Waals surface area contributed by atoms with Gasteiger partial charge in [-0.25, -0.2) is 14.0 Å². The summed E-state index contributed by atoms with van der Waals surface area (Å²) in [6.45, 7) is 1.52. The number of aliphatic carboxylic acids is 1. The van der Waals surface area contributed by atoms with Crippen LogP contribution in [0.25, 0.3) is 0 Å². The molecular formula is C12H15FN2O4. The van der Waals surface area contributed by atoms with Crippen molar-refractivity contribution in [3.63, 3.8) is 0 Å². The molecule has 1 atom stereocenters. The second kappa shape index (κ2) is 6.69. The minimum Gasteiger partial charge on any atom is -0.480 e. The number of carbonyl (C=O) groups excluding carboxylic acids is 1. The molecule has 0 aromatic heterocycles. The lowest BCUT2D eigenvalue weighted by atomic mass is 10.2. The maximum absolute atomic E-state index is 13.1. The third-order valence-electron chi connectivity index (χ3n) is 2.24. The molecule has 1 rings (SSSR count). The minimum atomic E-state index is -1.22. The number of benzene rings is 1. The van der Waals surface area contributed by atoms with E-state index < -0.39 is 23.9 Å². The second-order valence-corrected chi connectivity index (χ2v) is 3.96. The molecule has 19 heavy (non-hydrogen) atoms. The Morgan fingerprint density at radius 1 is 1.42 bits per heavy atom. The number of nitrogens with one attached hydrogen (secondary N) is 2. The number of aryl methyl sites for hydroxylation is 1. The van der Waals surface area contributed by atoms with Crippen LogP contribution in [0.3, 0.4) is 0 Å². The van der Waals surface area contributed by atoms with Gasteiger partial charge in [0, 0.05) is 12.8 Å². The zero-order valence-electron chi connectivity index (χ0n) is 10.6. The molecule has 0 saturated carbocycles. The number of carboxylic acids is 1. The zero-order valence-corrected chi connectivity index (χ0v) is 10.6. The highest BCUT2D eigenvalue weighted by Crippen LogP contribution is 2.12. The molecule has 6 nitrogen and oxygen atoms in total. The van der Waals surface area contributed by atoms with Crippen molar-refractivity contribution in [1.82, 2.24) is 5.32 Å². The number of halogens is 1. The van der Waals surface area contributed by atoms with E-state index in [0.717, 1.165) is 6.07 Å². The molecule has 7 heteroatoms. The summed E-state index contributed by atoms with van der Waals surface area (Å²) >= 11 is 0. The van der Waals surface area contributed by atoms with E-state index in [9.17, 15) is 14.0 Å². The van der Waals surface area contributed by atoms with Gasteiger partial charge >= 0.3 is 12.0 Å². The number of urea groups is 1. The fourth-order valence-electron chi connectivity index (χ4n) is 1.48. The quantitative estimate of drug-likeness (QED) is 0.753. The summed E-state index contributed by atoms with van der Waals surface area (Å²) in [6, 6.07) is 2.11. The molecule has 1 aromatic rings. The van der Waals surface area contributed by atoms with E-state index in [0.29, 0.717) is 5.56 Å². The van der Waals surface area contributed by atoms with Gasteiger partial charge in [0.2, 0.25) is 0 Å². The van der Waals surface area contributed by atoms with Gasteiger partial charge in [-0.1, -0.05) is 0 Å². The van der Waals surface area contributed by atoms with E-state index in [1.165, 1.54) is 13.2 Å². The molecule has 1 aromatic carbocycles. The number of amides is 2. The van der Waals surface area contributed by atoms with Crippen molar-refractivity contribution in [2.24, 2.45) is 0 Å². The third kappa shape index (κ3) is 4.92. The van der Waals surface area contributed by atoms with Crippen LogP contribution in [-0.4, -0.2) is 36.9 Å². The number of carboxylic acid groups (broad SMARTS) is 1. The molecule has 0 aliphatic rings. The summed E-state index contributed by atoms with van der Waals surface area (Å²) < 4.78 is 17.8. The SMILES string of the molecule is COCC(NC(=O)Nc1cc(C)cc(F)c1)C(=O)O. The molecule has 0 spiro atoms. The van der Waals surface area contributed by atoms with Crippen LogP contribution in [0.1, 0.15) is 5.56 Å². The van der Waals surface area contributed by atoms with E-state index in [2.05, 4.69) is 15.4 Å². The first-order chi connectivity index (χ1) is 8.92. The van der Waals surface area contributed by atoms with E-state index in [1.54, 1.807) is 13.0 Å². The molecule has 0 aliphatic heterocycles. The van der Waals surface area contributed by atoms with Crippen LogP contribution in [-0.2, 0) is 9.53 Å². The number of ether oxygens (including phenoxy) is 1. The summed E-state index contributed by atoms with van der Waals surface area (Å²) in [6.07, 6.45) is 0. The molecule has 0 radical (unpaired) electrons. The Bertz CT molecular complexity index is 459. The molecule has 0 aliphatic carbocycles. The van der Waals surface area contributed by atoms with Crippen molar-refractivity contribution in [1.29, 1.82) is 0 Å². The highest BCUT2D eigenvalue weighted by Gasteiger charge is 2.19. The Morgan fingerprint density at radius 2 is 2.11 bits per heavy atom. The Labute approximate surface area is 109 Å². The van der Waals surface area contributed by atoms with Crippen LogP contribution < -0.4 is 10.6 Å². The number of methoxy groups -OCH3 is 1. The summed E-state index contributed by atoms with van der Waals surface area (Å²) in [4.78, 5) is 22.4. The van der Waals surface area contributed by atoms with Gasteiger partial charge in [0.25, 0.3) is 0 Å². The van der Waals surface area contributed by atoms with Gasteiger partial charge < -0.3 is 20.5 Å². The predicted molar refractivity (Wildman–Crippen MR) is 66.6 cm³/mol. The molecule has 1 unspecified atom stereocenters. The van der Waals surface area contributed by atoms with Crippen LogP contribution in [0.5, 0.6) is 0 Å². The van der Waals surface area contributed by atoms with Crippen LogP contribution >= 0.6 is 0 Å². The van der Waals surface area contributed by atoms with E-state index in [4.69, 9.17) is 5.11 Å². The molecule has 0 heterocycles. The Kier molecular flexibility index (Phi) is 5.25. The number of rotatable bonds is 5. The van der Waals surface area contributed by atoms with Crippen molar-refractivity contribution >= 4 is 17.7 Å². The Balaban J connectivity index is 2.66. The standard InChI is InChI=1S/C12H15FN2O4/c1-7-3-8(13)5-9(4-7)14-12(18)15-10(6-19-2)11(16)17/h3-5,10H,6H2,1-2H3,(H,16,17)(H2,14,15,18). The van der Waals surface area contributed by atoms with Crippen molar-refractivity contribution in [3.8, 4) is 0 Å². The van der Waals surface area contributed by atoms with Crippen molar-refractivity contribution in [2.45, 2.75) is 13.0 Å². The first-order valence-corrected chi connectivity index (χ1v) is 5.49. The lowest BCUT2D eigenvalue weighted by Gasteiger charge is -2.14. The highest BCUT2D eigenvalue weighted by molar-refractivity contribution is 5.92. The molecule has 3 N–H and O–H groups in total. The van der Waals surface area contributed by atoms with Crippen molar-refractivity contribution in [3.05, 3.63) is 29.6 Å². The summed E-state index contributed by atoms with van der Waals surface area (Å²) in [5.41, 5.74) is 0.888. The van der Waals surface area contributed by atoms with Crippen molar-refractivity contribution in [2.75, 3.05) is 19.0 Å². The number of hydrogen-bond donors (Lipinski definition) is 3. The summed E-state index contributed by atoms with van der Waals surface area (Å²) in [5, 5.41) is 13.4. The maximum Gasteiger partial charge on any atom is 0.328 e. The normalized spacial score (nSPS) is 11.7. The summed E-state index contributed by atoms with van der Waals surface area (Å²) in [7, 11) is 1.32. The fraction of sp³-hybridized carbons (Fsp3) is 0.333. The number of anilines is 1. The highest BCUT2D eigenvalue weighted by atomic mass is 19.1. The molecule has 0 saturated heterocycles. The lowest BCUT2D eigenvalue weighted by Crippen LogP contribution is -2.45.